The Morgan fingerprint density at radius 3 is 2.29 bits per heavy atom. The summed E-state index contributed by atoms with van der Waals surface area (Å²) in [6.07, 6.45) is 19.9. The van der Waals surface area contributed by atoms with Crippen LogP contribution in [0, 0.1) is 0 Å². The van der Waals surface area contributed by atoms with E-state index >= 15 is 0 Å². The summed E-state index contributed by atoms with van der Waals surface area (Å²) in [5, 5.41) is 0.483. The second-order valence-electron chi connectivity index (χ2n) is 7.36. The van der Waals surface area contributed by atoms with E-state index in [1.807, 2.05) is 6.07 Å². The van der Waals surface area contributed by atoms with Gasteiger partial charge in [0, 0.05) is 0 Å². The molecule has 0 bridgehead atoms. The highest BCUT2D eigenvalue weighted by atomic mass is 16.6. The summed E-state index contributed by atoms with van der Waals surface area (Å²) in [5.74, 6) is 0. The molecule has 28 heavy (non-hydrogen) atoms. The van der Waals surface area contributed by atoms with E-state index in [0.717, 1.165) is 19.3 Å². The zero-order chi connectivity index (χ0) is 19.9. The number of unbranched alkanes of at least 4 members (excludes halogenated alkanes) is 10. The maximum absolute atomic E-state index is 11.9. The lowest BCUT2D eigenvalue weighted by atomic mass is 10.1. The number of aromatic nitrogens is 1. The lowest BCUT2D eigenvalue weighted by Gasteiger charge is -2.03. The van der Waals surface area contributed by atoms with Crippen LogP contribution < -0.4 is 10.4 Å². The fourth-order valence-corrected chi connectivity index (χ4v) is 3.22. The molecule has 0 aliphatic heterocycles. The first kappa shape index (κ1) is 22.2. The van der Waals surface area contributed by atoms with Crippen molar-refractivity contribution in [2.45, 2.75) is 84.0 Å². The van der Waals surface area contributed by atoms with E-state index in [9.17, 15) is 4.79 Å². The van der Waals surface area contributed by atoms with Crippen LogP contribution in [0.5, 0.6) is 6.08 Å². The third-order valence-corrected chi connectivity index (χ3v) is 4.90. The zero-order valence-electron chi connectivity index (χ0n) is 17.3. The van der Waals surface area contributed by atoms with Gasteiger partial charge in [0.15, 0.2) is 0 Å². The molecule has 1 heterocycles. The predicted molar refractivity (Wildman–Crippen MR) is 116 cm³/mol. The fraction of sp³-hybridized carbons (Fsp3) is 0.583. The number of para-hydroxylation sites is 1. The van der Waals surface area contributed by atoms with Crippen molar-refractivity contribution in [3.05, 3.63) is 46.8 Å². The first-order chi connectivity index (χ1) is 13.8. The average molecular weight is 386 g/mol. The Balaban J connectivity index is 1.47. The van der Waals surface area contributed by atoms with E-state index in [1.54, 1.807) is 18.2 Å². The molecule has 154 valence electrons. The van der Waals surface area contributed by atoms with Crippen molar-refractivity contribution in [3.8, 4) is 6.08 Å². The highest BCUT2D eigenvalue weighted by Crippen LogP contribution is 2.13. The van der Waals surface area contributed by atoms with Gasteiger partial charge in [-0.2, -0.15) is 4.98 Å². The Morgan fingerprint density at radius 1 is 0.893 bits per heavy atom. The van der Waals surface area contributed by atoms with Crippen LogP contribution in [0.1, 0.15) is 84.0 Å². The SMILES string of the molecule is CCCCCCCCCC/C=C/CCCCOc1nc2ccccc2c(=O)o1. The first-order valence-corrected chi connectivity index (χ1v) is 11.0. The van der Waals surface area contributed by atoms with Crippen LogP contribution >= 0.6 is 0 Å². The van der Waals surface area contributed by atoms with Gasteiger partial charge in [-0.05, 0) is 44.2 Å². The molecule has 0 aliphatic carbocycles. The summed E-state index contributed by atoms with van der Waals surface area (Å²) in [6, 6.07) is 7.14. The summed E-state index contributed by atoms with van der Waals surface area (Å²) in [4.78, 5) is 16.1. The van der Waals surface area contributed by atoms with Gasteiger partial charge >= 0.3 is 11.7 Å². The van der Waals surface area contributed by atoms with Gasteiger partial charge in [-0.15, -0.1) is 0 Å². The number of nitrogens with zero attached hydrogens (tertiary/aromatic N) is 1. The van der Waals surface area contributed by atoms with Crippen molar-refractivity contribution >= 4 is 10.9 Å². The topological polar surface area (TPSA) is 52.3 Å². The van der Waals surface area contributed by atoms with Gasteiger partial charge < -0.3 is 9.15 Å². The number of hydrogen-bond donors (Lipinski definition) is 0. The highest BCUT2D eigenvalue weighted by molar-refractivity contribution is 5.76. The number of fused-ring (bicyclic) bond motifs is 1. The van der Waals surface area contributed by atoms with E-state index in [-0.39, 0.29) is 6.08 Å². The zero-order valence-corrected chi connectivity index (χ0v) is 17.3. The first-order valence-electron chi connectivity index (χ1n) is 11.0. The molecule has 0 amide bonds. The highest BCUT2D eigenvalue weighted by Gasteiger charge is 2.06. The molecule has 0 fully saturated rings. The Hall–Kier alpha value is -2.10. The molecule has 2 rings (SSSR count). The van der Waals surface area contributed by atoms with Crippen molar-refractivity contribution in [2.75, 3.05) is 6.61 Å². The minimum atomic E-state index is -0.399. The monoisotopic (exact) mass is 385 g/mol. The molecule has 2 aromatic rings. The Bertz CT molecular complexity index is 751. The molecule has 1 aromatic heterocycles. The van der Waals surface area contributed by atoms with Gasteiger partial charge in [-0.1, -0.05) is 76.2 Å². The Morgan fingerprint density at radius 2 is 1.54 bits per heavy atom. The molecule has 0 saturated heterocycles. The maximum atomic E-state index is 11.9. The lowest BCUT2D eigenvalue weighted by molar-refractivity contribution is 0.212. The van der Waals surface area contributed by atoms with E-state index in [2.05, 4.69) is 24.1 Å². The number of allylic oxidation sites excluding steroid dienone is 2. The number of hydrogen-bond acceptors (Lipinski definition) is 4. The summed E-state index contributed by atoms with van der Waals surface area (Å²) in [5.41, 5.74) is 0.210. The maximum Gasteiger partial charge on any atom is 0.397 e. The van der Waals surface area contributed by atoms with Crippen molar-refractivity contribution in [3.63, 3.8) is 0 Å². The molecule has 0 aliphatic rings. The molecule has 0 N–H and O–H groups in total. The second kappa shape index (κ2) is 14.0. The third-order valence-electron chi connectivity index (χ3n) is 4.90. The molecule has 0 saturated carbocycles. The van der Waals surface area contributed by atoms with Crippen LogP contribution in [0.25, 0.3) is 10.9 Å². The molecule has 0 radical (unpaired) electrons. The van der Waals surface area contributed by atoms with Gasteiger partial charge in [0.25, 0.3) is 0 Å². The predicted octanol–water partition coefficient (Wildman–Crippen LogP) is 6.82. The molecule has 0 unspecified atom stereocenters. The number of rotatable bonds is 15. The van der Waals surface area contributed by atoms with Gasteiger partial charge in [0.1, 0.15) is 0 Å². The minimum absolute atomic E-state index is 0.0638. The van der Waals surface area contributed by atoms with Crippen molar-refractivity contribution in [1.29, 1.82) is 0 Å². The number of ether oxygens (including phenoxy) is 1. The number of benzene rings is 1. The van der Waals surface area contributed by atoms with Crippen LogP contribution in [0.15, 0.2) is 45.6 Å². The normalized spacial score (nSPS) is 11.5. The Labute approximate surface area is 169 Å². The second-order valence-corrected chi connectivity index (χ2v) is 7.36. The smallest absolute Gasteiger partial charge is 0.397 e. The van der Waals surface area contributed by atoms with Crippen molar-refractivity contribution in [2.24, 2.45) is 0 Å². The average Bonchev–Trinajstić information content (AvgIpc) is 2.71. The van der Waals surface area contributed by atoms with Gasteiger partial charge in [-0.3, -0.25) is 0 Å². The third kappa shape index (κ3) is 8.73. The van der Waals surface area contributed by atoms with E-state index in [4.69, 9.17) is 9.15 Å². The van der Waals surface area contributed by atoms with Crippen LogP contribution in [0.4, 0.5) is 0 Å². The molecule has 1 aromatic carbocycles. The molecular formula is C24H35NO3. The van der Waals surface area contributed by atoms with Crippen LogP contribution in [-0.4, -0.2) is 11.6 Å². The lowest BCUT2D eigenvalue weighted by Crippen LogP contribution is -2.06. The fourth-order valence-electron chi connectivity index (χ4n) is 3.22. The summed E-state index contributed by atoms with van der Waals surface area (Å²) >= 11 is 0. The van der Waals surface area contributed by atoms with Crippen molar-refractivity contribution in [1.82, 2.24) is 4.98 Å². The van der Waals surface area contributed by atoms with Crippen LogP contribution in [0.3, 0.4) is 0 Å². The molecule has 4 nitrogen and oxygen atoms in total. The van der Waals surface area contributed by atoms with Gasteiger partial charge in [0.05, 0.1) is 17.5 Å². The van der Waals surface area contributed by atoms with Gasteiger partial charge in [-0.25, -0.2) is 4.79 Å². The largest absolute Gasteiger partial charge is 0.450 e. The van der Waals surface area contributed by atoms with Gasteiger partial charge in [0.2, 0.25) is 0 Å². The van der Waals surface area contributed by atoms with E-state index in [0.29, 0.717) is 17.5 Å². The van der Waals surface area contributed by atoms with Crippen molar-refractivity contribution < 1.29 is 9.15 Å². The van der Waals surface area contributed by atoms with E-state index < -0.39 is 5.63 Å². The molecular weight excluding hydrogens is 350 g/mol. The van der Waals surface area contributed by atoms with Crippen LogP contribution in [-0.2, 0) is 0 Å². The van der Waals surface area contributed by atoms with Crippen LogP contribution in [0.2, 0.25) is 0 Å². The summed E-state index contributed by atoms with van der Waals surface area (Å²) in [6.45, 7) is 2.78. The molecule has 4 heteroatoms. The summed E-state index contributed by atoms with van der Waals surface area (Å²) in [7, 11) is 0. The summed E-state index contributed by atoms with van der Waals surface area (Å²) < 4.78 is 10.6. The van der Waals surface area contributed by atoms with E-state index in [1.165, 1.54) is 57.8 Å². The quantitative estimate of drug-likeness (QED) is 0.249. The molecule has 0 atom stereocenters. The molecule has 0 spiro atoms. The minimum Gasteiger partial charge on any atom is -0.450 e. The Kier molecular flexibility index (Phi) is 11.1. The standard InChI is InChI=1S/C24H35NO3/c1-2-3-4-5-6-7-8-9-10-11-12-13-14-17-20-27-24-25-22-19-16-15-18-21(22)23(26)28-24/h11-12,15-16,18-19H,2-10,13-14,17,20H2,1H3/b12-11+.